The Hall–Kier alpha value is -5.00. The first kappa shape index (κ1) is 22.0. The van der Waals surface area contributed by atoms with Gasteiger partial charge in [0, 0.05) is 27.1 Å². The molecule has 3 aromatic heterocycles. The zero-order valence-corrected chi connectivity index (χ0v) is 21.3. The molecule has 8 aromatic rings. The second-order valence-electron chi connectivity index (χ2n) is 9.49. The molecule has 0 aliphatic rings. The van der Waals surface area contributed by atoms with Crippen molar-refractivity contribution in [2.24, 2.45) is 0 Å². The number of rotatable bonds is 3. The Morgan fingerprint density at radius 2 is 1.21 bits per heavy atom. The molecular weight excluding hydrogens is 504 g/mol. The molecule has 6 heteroatoms. The van der Waals surface area contributed by atoms with Crippen molar-refractivity contribution in [3.05, 3.63) is 121 Å². The molecule has 0 fully saturated rings. The highest BCUT2D eigenvalue weighted by Gasteiger charge is 2.18. The van der Waals surface area contributed by atoms with Gasteiger partial charge in [-0.05, 0) is 65.2 Å². The van der Waals surface area contributed by atoms with E-state index in [-0.39, 0.29) is 5.28 Å². The molecule has 3 heterocycles. The summed E-state index contributed by atoms with van der Waals surface area (Å²) in [6.07, 6.45) is 0. The fourth-order valence-corrected chi connectivity index (χ4v) is 5.59. The molecular formula is C33H19ClN4O. The van der Waals surface area contributed by atoms with E-state index in [1.54, 1.807) is 0 Å². The van der Waals surface area contributed by atoms with Gasteiger partial charge in [-0.15, -0.1) is 0 Å². The highest BCUT2D eigenvalue weighted by Crippen LogP contribution is 2.35. The zero-order valence-electron chi connectivity index (χ0n) is 20.5. The van der Waals surface area contributed by atoms with Crippen LogP contribution >= 0.6 is 11.6 Å². The van der Waals surface area contributed by atoms with E-state index in [4.69, 9.17) is 21.0 Å². The molecule has 0 N–H and O–H groups in total. The number of fused-ring (bicyclic) bond motifs is 6. The minimum absolute atomic E-state index is 0.138. The number of hydrogen-bond donors (Lipinski definition) is 0. The molecule has 0 aliphatic carbocycles. The average Bonchev–Trinajstić information content (AvgIpc) is 3.52. The van der Waals surface area contributed by atoms with Crippen LogP contribution in [0.4, 0.5) is 0 Å². The van der Waals surface area contributed by atoms with Crippen LogP contribution in [0.15, 0.2) is 120 Å². The van der Waals surface area contributed by atoms with Crippen molar-refractivity contribution in [1.29, 1.82) is 0 Å². The van der Waals surface area contributed by atoms with Gasteiger partial charge in [-0.3, -0.25) is 4.57 Å². The third kappa shape index (κ3) is 3.51. The van der Waals surface area contributed by atoms with Crippen LogP contribution in [0.5, 0.6) is 0 Å². The lowest BCUT2D eigenvalue weighted by Crippen LogP contribution is -2.04. The SMILES string of the molecule is Clc1nc(-c2ccc3oc4ccccc4c3c2)nc(-n2c3ccccc3c3cc(-c4ccccc4)ccc32)n1. The van der Waals surface area contributed by atoms with E-state index in [1.807, 2.05) is 42.5 Å². The lowest BCUT2D eigenvalue weighted by atomic mass is 10.0. The number of hydrogen-bond acceptors (Lipinski definition) is 4. The van der Waals surface area contributed by atoms with Gasteiger partial charge in [0.15, 0.2) is 5.82 Å². The molecule has 0 bridgehead atoms. The molecule has 0 atom stereocenters. The maximum absolute atomic E-state index is 6.52. The minimum atomic E-state index is 0.138. The predicted octanol–water partition coefficient (Wildman–Crippen LogP) is 8.86. The van der Waals surface area contributed by atoms with Gasteiger partial charge in [0.25, 0.3) is 0 Å². The second kappa shape index (κ2) is 8.51. The first-order valence-corrected chi connectivity index (χ1v) is 13.0. The summed E-state index contributed by atoms with van der Waals surface area (Å²) < 4.78 is 8.06. The number of benzene rings is 5. The number of halogens is 1. The maximum atomic E-state index is 6.52. The largest absolute Gasteiger partial charge is 0.456 e. The van der Waals surface area contributed by atoms with Gasteiger partial charge in [-0.2, -0.15) is 15.0 Å². The molecule has 39 heavy (non-hydrogen) atoms. The van der Waals surface area contributed by atoms with Crippen LogP contribution in [-0.4, -0.2) is 19.5 Å². The summed E-state index contributed by atoms with van der Waals surface area (Å²) in [6.45, 7) is 0. The summed E-state index contributed by atoms with van der Waals surface area (Å²) in [6, 6.07) is 39.1. The summed E-state index contributed by atoms with van der Waals surface area (Å²) in [5, 5.41) is 4.43. The number of para-hydroxylation sites is 2. The Labute approximate surface area is 228 Å². The van der Waals surface area contributed by atoms with E-state index < -0.39 is 0 Å². The maximum Gasteiger partial charge on any atom is 0.239 e. The smallest absolute Gasteiger partial charge is 0.239 e. The summed E-state index contributed by atoms with van der Waals surface area (Å²) in [5.41, 5.74) is 6.83. The molecule has 5 nitrogen and oxygen atoms in total. The molecule has 0 spiro atoms. The quantitative estimate of drug-likeness (QED) is 0.232. The highest BCUT2D eigenvalue weighted by atomic mass is 35.5. The third-order valence-electron chi connectivity index (χ3n) is 7.21. The first-order chi connectivity index (χ1) is 19.2. The number of aromatic nitrogens is 4. The van der Waals surface area contributed by atoms with Crippen LogP contribution in [0.25, 0.3) is 72.2 Å². The van der Waals surface area contributed by atoms with Crippen molar-refractivity contribution in [3.63, 3.8) is 0 Å². The molecule has 184 valence electrons. The van der Waals surface area contributed by atoms with Crippen molar-refractivity contribution >= 4 is 55.3 Å². The Morgan fingerprint density at radius 3 is 2.10 bits per heavy atom. The third-order valence-corrected chi connectivity index (χ3v) is 7.38. The van der Waals surface area contributed by atoms with Gasteiger partial charge < -0.3 is 4.42 Å². The summed E-state index contributed by atoms with van der Waals surface area (Å²) in [7, 11) is 0. The van der Waals surface area contributed by atoms with Gasteiger partial charge in [0.05, 0.1) is 11.0 Å². The van der Waals surface area contributed by atoms with Crippen LogP contribution in [0.1, 0.15) is 0 Å². The molecule has 0 saturated carbocycles. The second-order valence-corrected chi connectivity index (χ2v) is 9.83. The molecule has 5 aromatic carbocycles. The standard InChI is InChI=1S/C33H19ClN4O/c34-32-35-31(22-15-17-30-26(19-22)24-11-5-7-13-29(24)39-30)36-33(37-32)38-27-12-6-4-10-23(27)25-18-21(14-16-28(25)38)20-8-2-1-3-9-20/h1-19H. The van der Waals surface area contributed by atoms with E-state index in [0.717, 1.165) is 54.9 Å². The summed E-state index contributed by atoms with van der Waals surface area (Å²) >= 11 is 6.52. The van der Waals surface area contributed by atoms with Gasteiger partial charge in [-0.1, -0.05) is 72.8 Å². The first-order valence-electron chi connectivity index (χ1n) is 12.7. The van der Waals surface area contributed by atoms with Crippen LogP contribution in [0.2, 0.25) is 5.28 Å². The van der Waals surface area contributed by atoms with Crippen molar-refractivity contribution in [3.8, 4) is 28.5 Å². The predicted molar refractivity (Wildman–Crippen MR) is 157 cm³/mol. The zero-order chi connectivity index (χ0) is 25.9. The van der Waals surface area contributed by atoms with E-state index in [9.17, 15) is 0 Å². The lowest BCUT2D eigenvalue weighted by Gasteiger charge is -2.09. The Kier molecular flexibility index (Phi) is 4.81. The van der Waals surface area contributed by atoms with Crippen LogP contribution < -0.4 is 0 Å². The highest BCUT2D eigenvalue weighted by molar-refractivity contribution is 6.28. The molecule has 0 unspecified atom stereocenters. The molecule has 0 radical (unpaired) electrons. The van der Waals surface area contributed by atoms with Crippen LogP contribution in [-0.2, 0) is 0 Å². The Morgan fingerprint density at radius 1 is 0.513 bits per heavy atom. The lowest BCUT2D eigenvalue weighted by molar-refractivity contribution is 0.669. The van der Waals surface area contributed by atoms with Gasteiger partial charge in [0.2, 0.25) is 11.2 Å². The van der Waals surface area contributed by atoms with E-state index in [2.05, 4.69) is 87.3 Å². The van der Waals surface area contributed by atoms with Crippen molar-refractivity contribution in [2.45, 2.75) is 0 Å². The normalized spacial score (nSPS) is 11.7. The molecule has 0 amide bonds. The van der Waals surface area contributed by atoms with Crippen LogP contribution in [0, 0.1) is 0 Å². The fourth-order valence-electron chi connectivity index (χ4n) is 5.43. The topological polar surface area (TPSA) is 56.7 Å². The van der Waals surface area contributed by atoms with E-state index in [1.165, 1.54) is 5.56 Å². The van der Waals surface area contributed by atoms with Gasteiger partial charge >= 0.3 is 0 Å². The average molecular weight is 523 g/mol. The van der Waals surface area contributed by atoms with E-state index >= 15 is 0 Å². The van der Waals surface area contributed by atoms with Crippen LogP contribution in [0.3, 0.4) is 0 Å². The monoisotopic (exact) mass is 522 g/mol. The van der Waals surface area contributed by atoms with E-state index in [0.29, 0.717) is 11.8 Å². The minimum Gasteiger partial charge on any atom is -0.456 e. The number of nitrogens with zero attached hydrogens (tertiary/aromatic N) is 4. The fraction of sp³-hybridized carbons (Fsp3) is 0. The molecule has 0 saturated heterocycles. The summed E-state index contributed by atoms with van der Waals surface area (Å²) in [5.74, 6) is 0.977. The van der Waals surface area contributed by atoms with Crippen molar-refractivity contribution < 1.29 is 4.42 Å². The summed E-state index contributed by atoms with van der Waals surface area (Å²) in [4.78, 5) is 14.0. The van der Waals surface area contributed by atoms with Crippen molar-refractivity contribution in [1.82, 2.24) is 19.5 Å². The van der Waals surface area contributed by atoms with Gasteiger partial charge in [-0.25, -0.2) is 0 Å². The Balaban J connectivity index is 1.34. The van der Waals surface area contributed by atoms with Crippen molar-refractivity contribution in [2.75, 3.05) is 0 Å². The number of furan rings is 1. The molecule has 0 aliphatic heterocycles. The Bertz CT molecular complexity index is 2200. The molecule has 8 rings (SSSR count). The van der Waals surface area contributed by atoms with Gasteiger partial charge in [0.1, 0.15) is 11.2 Å².